The van der Waals surface area contributed by atoms with Crippen molar-refractivity contribution in [3.63, 3.8) is 0 Å². The summed E-state index contributed by atoms with van der Waals surface area (Å²) < 4.78 is 14.5. The van der Waals surface area contributed by atoms with Gasteiger partial charge in [-0.1, -0.05) is 81.3 Å². The molecule has 3 rings (SSSR count). The summed E-state index contributed by atoms with van der Waals surface area (Å²) in [4.78, 5) is 0. The second kappa shape index (κ2) is 8.85. The Morgan fingerprint density at radius 1 is 0.920 bits per heavy atom. The Labute approximate surface area is 156 Å². The van der Waals surface area contributed by atoms with E-state index in [4.69, 9.17) is 11.6 Å². The number of benzene rings is 2. The van der Waals surface area contributed by atoms with Crippen LogP contribution in [0.15, 0.2) is 42.5 Å². The van der Waals surface area contributed by atoms with Crippen LogP contribution in [-0.2, 0) is 6.42 Å². The van der Waals surface area contributed by atoms with Crippen LogP contribution < -0.4 is 0 Å². The second-order valence-corrected chi connectivity index (χ2v) is 7.97. The average Bonchev–Trinajstić information content (AvgIpc) is 2.62. The van der Waals surface area contributed by atoms with E-state index in [0.29, 0.717) is 10.6 Å². The van der Waals surface area contributed by atoms with Crippen molar-refractivity contribution in [1.82, 2.24) is 0 Å². The average molecular weight is 359 g/mol. The van der Waals surface area contributed by atoms with Crippen molar-refractivity contribution in [3.05, 3.63) is 58.9 Å². The molecule has 0 saturated heterocycles. The van der Waals surface area contributed by atoms with Gasteiger partial charge in [0.1, 0.15) is 5.82 Å². The van der Waals surface area contributed by atoms with Gasteiger partial charge in [-0.3, -0.25) is 0 Å². The number of halogens is 2. The summed E-state index contributed by atoms with van der Waals surface area (Å²) >= 11 is 5.91. The Morgan fingerprint density at radius 3 is 2.16 bits per heavy atom. The van der Waals surface area contributed by atoms with E-state index in [1.165, 1.54) is 44.9 Å². The number of hydrogen-bond acceptors (Lipinski definition) is 0. The van der Waals surface area contributed by atoms with Gasteiger partial charge in [0.25, 0.3) is 0 Å². The molecule has 0 bridgehead atoms. The van der Waals surface area contributed by atoms with Gasteiger partial charge in [0.2, 0.25) is 0 Å². The molecule has 0 unspecified atom stereocenters. The maximum absolute atomic E-state index is 14.5. The van der Waals surface area contributed by atoms with Crippen molar-refractivity contribution in [3.8, 4) is 11.1 Å². The molecule has 1 saturated carbocycles. The first-order valence-electron chi connectivity index (χ1n) is 9.70. The molecule has 2 aromatic rings. The molecule has 25 heavy (non-hydrogen) atoms. The van der Waals surface area contributed by atoms with Gasteiger partial charge in [0.05, 0.1) is 0 Å². The zero-order chi connectivity index (χ0) is 17.6. The smallest absolute Gasteiger partial charge is 0.131 e. The van der Waals surface area contributed by atoms with Gasteiger partial charge < -0.3 is 0 Å². The van der Waals surface area contributed by atoms with Crippen molar-refractivity contribution >= 4 is 11.6 Å². The minimum absolute atomic E-state index is 0.133. The van der Waals surface area contributed by atoms with Crippen molar-refractivity contribution in [2.75, 3.05) is 0 Å². The topological polar surface area (TPSA) is 0 Å². The summed E-state index contributed by atoms with van der Waals surface area (Å²) in [6.45, 7) is 2.29. The predicted molar refractivity (Wildman–Crippen MR) is 106 cm³/mol. The largest absolute Gasteiger partial charge is 0.206 e. The van der Waals surface area contributed by atoms with Crippen molar-refractivity contribution < 1.29 is 4.39 Å². The molecule has 0 amide bonds. The van der Waals surface area contributed by atoms with Gasteiger partial charge in [-0.25, -0.2) is 4.39 Å². The lowest BCUT2D eigenvalue weighted by atomic mass is 9.78. The lowest BCUT2D eigenvalue weighted by Gasteiger charge is -2.28. The van der Waals surface area contributed by atoms with Gasteiger partial charge >= 0.3 is 0 Å². The molecule has 2 aromatic carbocycles. The fourth-order valence-electron chi connectivity index (χ4n) is 4.17. The van der Waals surface area contributed by atoms with Crippen molar-refractivity contribution in [2.45, 2.75) is 58.3 Å². The van der Waals surface area contributed by atoms with Gasteiger partial charge in [-0.15, -0.1) is 0 Å². The van der Waals surface area contributed by atoms with Crippen LogP contribution in [0, 0.1) is 17.7 Å². The monoisotopic (exact) mass is 358 g/mol. The Morgan fingerprint density at radius 2 is 1.56 bits per heavy atom. The minimum Gasteiger partial charge on any atom is -0.206 e. The fraction of sp³-hybridized carbons (Fsp3) is 0.478. The van der Waals surface area contributed by atoms with E-state index in [1.807, 2.05) is 18.2 Å². The SMILES string of the molecule is CCCC1CCC(CCc2ccc(-c3ccc(Cl)cc3)c(F)c2)CC1. The van der Waals surface area contributed by atoms with Crippen LogP contribution in [0.2, 0.25) is 5.02 Å². The van der Waals surface area contributed by atoms with E-state index in [1.54, 1.807) is 18.2 Å². The van der Waals surface area contributed by atoms with Crippen LogP contribution in [0.25, 0.3) is 11.1 Å². The molecule has 2 heteroatoms. The van der Waals surface area contributed by atoms with Crippen LogP contribution in [0.5, 0.6) is 0 Å². The lowest BCUT2D eigenvalue weighted by molar-refractivity contribution is 0.252. The maximum atomic E-state index is 14.5. The first-order chi connectivity index (χ1) is 12.2. The van der Waals surface area contributed by atoms with E-state index in [-0.39, 0.29) is 5.82 Å². The van der Waals surface area contributed by atoms with E-state index in [2.05, 4.69) is 13.0 Å². The molecule has 134 valence electrons. The number of hydrogen-bond donors (Lipinski definition) is 0. The van der Waals surface area contributed by atoms with E-state index in [9.17, 15) is 4.39 Å². The fourth-order valence-corrected chi connectivity index (χ4v) is 4.29. The molecule has 1 aliphatic rings. The van der Waals surface area contributed by atoms with Crippen LogP contribution in [-0.4, -0.2) is 0 Å². The summed E-state index contributed by atoms with van der Waals surface area (Å²) in [5.41, 5.74) is 2.65. The molecule has 1 fully saturated rings. The summed E-state index contributed by atoms with van der Waals surface area (Å²) in [5, 5.41) is 0.675. The Kier molecular flexibility index (Phi) is 6.53. The van der Waals surface area contributed by atoms with Crippen LogP contribution in [0.3, 0.4) is 0 Å². The third kappa shape index (κ3) is 5.07. The van der Waals surface area contributed by atoms with Crippen LogP contribution in [0.4, 0.5) is 4.39 Å². The van der Waals surface area contributed by atoms with Gasteiger partial charge in [0.15, 0.2) is 0 Å². The molecule has 0 N–H and O–H groups in total. The molecule has 0 radical (unpaired) electrons. The third-order valence-corrected chi connectivity index (χ3v) is 5.95. The van der Waals surface area contributed by atoms with Gasteiger partial charge in [-0.2, -0.15) is 0 Å². The maximum Gasteiger partial charge on any atom is 0.131 e. The number of aryl methyl sites for hydroxylation is 1. The summed E-state index contributed by atoms with van der Waals surface area (Å²) in [5.74, 6) is 1.65. The highest BCUT2D eigenvalue weighted by molar-refractivity contribution is 6.30. The zero-order valence-electron chi connectivity index (χ0n) is 15.1. The highest BCUT2D eigenvalue weighted by Crippen LogP contribution is 2.34. The molecule has 0 atom stereocenters. The van der Waals surface area contributed by atoms with E-state index in [0.717, 1.165) is 29.4 Å². The predicted octanol–water partition coefficient (Wildman–Crippen LogP) is 7.69. The van der Waals surface area contributed by atoms with Crippen molar-refractivity contribution in [1.29, 1.82) is 0 Å². The second-order valence-electron chi connectivity index (χ2n) is 7.54. The standard InChI is InChI=1S/C23H28ClF/c1-2-3-17-4-6-18(7-5-17)8-9-19-10-15-22(23(25)16-19)20-11-13-21(24)14-12-20/h10-18H,2-9H2,1H3. The van der Waals surface area contributed by atoms with Crippen LogP contribution >= 0.6 is 11.6 Å². The Balaban J connectivity index is 1.56. The summed E-state index contributed by atoms with van der Waals surface area (Å²) in [7, 11) is 0. The Bertz CT molecular complexity index is 669. The highest BCUT2D eigenvalue weighted by atomic mass is 35.5. The molecule has 0 nitrogen and oxygen atoms in total. The highest BCUT2D eigenvalue weighted by Gasteiger charge is 2.20. The normalized spacial score (nSPS) is 20.6. The number of rotatable bonds is 6. The molecule has 0 heterocycles. The van der Waals surface area contributed by atoms with Crippen molar-refractivity contribution in [2.24, 2.45) is 11.8 Å². The molecule has 1 aliphatic carbocycles. The molecular weight excluding hydrogens is 331 g/mol. The first-order valence-corrected chi connectivity index (χ1v) is 10.1. The van der Waals surface area contributed by atoms with E-state index >= 15 is 0 Å². The first kappa shape index (κ1) is 18.5. The summed E-state index contributed by atoms with van der Waals surface area (Å²) in [6.07, 6.45) is 10.4. The quantitative estimate of drug-likeness (QED) is 0.496. The zero-order valence-corrected chi connectivity index (χ0v) is 15.9. The molecular formula is C23H28ClF. The lowest BCUT2D eigenvalue weighted by Crippen LogP contribution is -2.15. The Hall–Kier alpha value is -1.34. The van der Waals surface area contributed by atoms with Crippen LogP contribution in [0.1, 0.15) is 57.4 Å². The summed E-state index contributed by atoms with van der Waals surface area (Å²) in [6, 6.07) is 13.1. The minimum atomic E-state index is -0.133. The van der Waals surface area contributed by atoms with E-state index < -0.39 is 0 Å². The molecule has 0 spiro atoms. The van der Waals surface area contributed by atoms with Gasteiger partial charge in [0, 0.05) is 10.6 Å². The van der Waals surface area contributed by atoms with Gasteiger partial charge in [-0.05, 0) is 54.0 Å². The molecule has 0 aromatic heterocycles. The third-order valence-electron chi connectivity index (χ3n) is 5.69. The molecule has 0 aliphatic heterocycles.